The number of aryl methyl sites for hydroxylation is 1. The summed E-state index contributed by atoms with van der Waals surface area (Å²) < 4.78 is 35.6. The van der Waals surface area contributed by atoms with Gasteiger partial charge < -0.3 is 5.32 Å². The van der Waals surface area contributed by atoms with Gasteiger partial charge in [0.05, 0.1) is 0 Å². The summed E-state index contributed by atoms with van der Waals surface area (Å²) in [6.45, 7) is 4.34. The Hall–Kier alpha value is -0.200. The van der Waals surface area contributed by atoms with Crippen LogP contribution in [0.5, 0.6) is 0 Å². The molecule has 0 bridgehead atoms. The number of halogens is 3. The predicted octanol–water partition coefficient (Wildman–Crippen LogP) is 3.96. The van der Waals surface area contributed by atoms with Crippen LogP contribution in [0.15, 0.2) is 11.4 Å². The number of thiophene rings is 1. The van der Waals surface area contributed by atoms with Crippen molar-refractivity contribution >= 4 is 23.1 Å². The molecule has 1 aromatic rings. The van der Waals surface area contributed by atoms with Gasteiger partial charge in [-0.25, -0.2) is 0 Å². The van der Waals surface area contributed by atoms with Crippen molar-refractivity contribution in [3.05, 3.63) is 21.9 Å². The van der Waals surface area contributed by atoms with E-state index in [9.17, 15) is 13.2 Å². The number of alkyl halides is 3. The average Bonchev–Trinajstić information content (AvgIpc) is 2.57. The van der Waals surface area contributed by atoms with Crippen molar-refractivity contribution in [2.45, 2.75) is 25.4 Å². The molecule has 0 aliphatic carbocycles. The molecule has 0 aliphatic rings. The van der Waals surface area contributed by atoms with E-state index in [1.54, 1.807) is 11.3 Å². The summed E-state index contributed by atoms with van der Waals surface area (Å²) in [5.74, 6) is 0.0538. The molecule has 1 unspecified atom stereocenters. The molecule has 1 atom stereocenters. The predicted molar refractivity (Wildman–Crippen MR) is 64.0 cm³/mol. The lowest BCUT2D eigenvalue weighted by Gasteiger charge is -2.13. The molecule has 0 amide bonds. The highest BCUT2D eigenvalue weighted by molar-refractivity contribution is 8.00. The van der Waals surface area contributed by atoms with Crippen molar-refractivity contribution in [1.82, 2.24) is 5.32 Å². The van der Waals surface area contributed by atoms with Crippen molar-refractivity contribution in [3.8, 4) is 0 Å². The van der Waals surface area contributed by atoms with Crippen LogP contribution in [-0.2, 0) is 0 Å². The summed E-state index contributed by atoms with van der Waals surface area (Å²) in [7, 11) is 0. The SMILES string of the molecule is Cc1ccsc1C(C)NCCSC(F)(F)F. The Morgan fingerprint density at radius 1 is 1.50 bits per heavy atom. The van der Waals surface area contributed by atoms with E-state index >= 15 is 0 Å². The van der Waals surface area contributed by atoms with Gasteiger partial charge in [0.15, 0.2) is 0 Å². The summed E-state index contributed by atoms with van der Waals surface area (Å²) >= 11 is 1.65. The molecular weight excluding hydrogens is 255 g/mol. The third kappa shape index (κ3) is 4.76. The van der Waals surface area contributed by atoms with Gasteiger partial charge in [-0.3, -0.25) is 0 Å². The first kappa shape index (κ1) is 13.9. The number of hydrogen-bond donors (Lipinski definition) is 1. The minimum absolute atomic E-state index is 0.0179. The number of nitrogens with one attached hydrogen (secondary N) is 1. The minimum atomic E-state index is -4.12. The zero-order valence-corrected chi connectivity index (χ0v) is 10.7. The first-order valence-corrected chi connectivity index (χ1v) is 6.75. The Balaban J connectivity index is 2.26. The zero-order chi connectivity index (χ0) is 12.2. The summed E-state index contributed by atoms with van der Waals surface area (Å²) in [6, 6.07) is 2.14. The quantitative estimate of drug-likeness (QED) is 0.812. The Labute approximate surface area is 101 Å². The maximum absolute atomic E-state index is 11.9. The summed E-state index contributed by atoms with van der Waals surface area (Å²) in [4.78, 5) is 1.19. The van der Waals surface area contributed by atoms with Crippen LogP contribution in [0.4, 0.5) is 13.2 Å². The summed E-state index contributed by atoms with van der Waals surface area (Å²) in [6.07, 6.45) is 0. The number of hydrogen-bond acceptors (Lipinski definition) is 3. The summed E-state index contributed by atoms with van der Waals surface area (Å²) in [5, 5.41) is 5.08. The smallest absolute Gasteiger partial charge is 0.309 e. The zero-order valence-electron chi connectivity index (χ0n) is 9.10. The molecule has 0 aromatic carbocycles. The van der Waals surface area contributed by atoms with Crippen molar-refractivity contribution in [1.29, 1.82) is 0 Å². The monoisotopic (exact) mass is 269 g/mol. The van der Waals surface area contributed by atoms with E-state index in [1.807, 2.05) is 25.3 Å². The lowest BCUT2D eigenvalue weighted by molar-refractivity contribution is -0.0327. The maximum atomic E-state index is 11.9. The molecule has 0 radical (unpaired) electrons. The molecule has 1 N–H and O–H groups in total. The average molecular weight is 269 g/mol. The van der Waals surface area contributed by atoms with Crippen LogP contribution in [-0.4, -0.2) is 17.8 Å². The highest BCUT2D eigenvalue weighted by Gasteiger charge is 2.27. The van der Waals surface area contributed by atoms with Crippen LogP contribution in [0.2, 0.25) is 0 Å². The lowest BCUT2D eigenvalue weighted by Crippen LogP contribution is -2.22. The maximum Gasteiger partial charge on any atom is 0.441 e. The van der Waals surface area contributed by atoms with Crippen molar-refractivity contribution in [3.63, 3.8) is 0 Å². The Morgan fingerprint density at radius 2 is 2.19 bits per heavy atom. The van der Waals surface area contributed by atoms with E-state index in [0.717, 1.165) is 0 Å². The van der Waals surface area contributed by atoms with Gasteiger partial charge in [-0.2, -0.15) is 13.2 Å². The Bertz CT molecular complexity index is 322. The molecule has 1 aromatic heterocycles. The van der Waals surface area contributed by atoms with Crippen LogP contribution in [0.1, 0.15) is 23.4 Å². The third-order valence-electron chi connectivity index (χ3n) is 2.11. The summed E-state index contributed by atoms with van der Waals surface area (Å²) in [5.41, 5.74) is -2.93. The van der Waals surface area contributed by atoms with Crippen LogP contribution in [0.3, 0.4) is 0 Å². The van der Waals surface area contributed by atoms with Gasteiger partial charge in [0, 0.05) is 23.2 Å². The topological polar surface area (TPSA) is 12.0 Å². The fourth-order valence-corrected chi connectivity index (χ4v) is 2.77. The molecule has 0 saturated carbocycles. The van der Waals surface area contributed by atoms with Gasteiger partial charge >= 0.3 is 5.51 Å². The van der Waals surface area contributed by atoms with Gasteiger partial charge in [0.25, 0.3) is 0 Å². The second-order valence-electron chi connectivity index (χ2n) is 3.44. The minimum Gasteiger partial charge on any atom is -0.309 e. The van der Waals surface area contributed by atoms with E-state index in [0.29, 0.717) is 6.54 Å². The van der Waals surface area contributed by atoms with Gasteiger partial charge in [-0.15, -0.1) is 11.3 Å². The second kappa shape index (κ2) is 5.93. The van der Waals surface area contributed by atoms with Crippen LogP contribution in [0.25, 0.3) is 0 Å². The molecule has 0 fully saturated rings. The molecule has 0 spiro atoms. The first-order chi connectivity index (χ1) is 7.40. The van der Waals surface area contributed by atoms with E-state index in [1.165, 1.54) is 10.4 Å². The molecule has 6 heteroatoms. The lowest BCUT2D eigenvalue weighted by atomic mass is 10.2. The third-order valence-corrected chi connectivity index (χ3v) is 4.05. The number of thioether (sulfide) groups is 1. The Morgan fingerprint density at radius 3 is 2.69 bits per heavy atom. The van der Waals surface area contributed by atoms with E-state index in [4.69, 9.17) is 0 Å². The van der Waals surface area contributed by atoms with Crippen molar-refractivity contribution in [2.75, 3.05) is 12.3 Å². The van der Waals surface area contributed by atoms with E-state index in [-0.39, 0.29) is 23.6 Å². The van der Waals surface area contributed by atoms with Crippen LogP contribution >= 0.6 is 23.1 Å². The molecule has 1 heterocycles. The fraction of sp³-hybridized carbons (Fsp3) is 0.600. The second-order valence-corrected chi connectivity index (χ2v) is 5.55. The van der Waals surface area contributed by atoms with Crippen molar-refractivity contribution < 1.29 is 13.2 Å². The van der Waals surface area contributed by atoms with Crippen LogP contribution < -0.4 is 5.32 Å². The molecule has 16 heavy (non-hydrogen) atoms. The van der Waals surface area contributed by atoms with Crippen molar-refractivity contribution in [2.24, 2.45) is 0 Å². The first-order valence-electron chi connectivity index (χ1n) is 4.88. The molecule has 1 rings (SSSR count). The normalized spacial score (nSPS) is 14.1. The number of rotatable bonds is 5. The van der Waals surface area contributed by atoms with E-state index < -0.39 is 5.51 Å². The Kier molecular flexibility index (Phi) is 5.14. The van der Waals surface area contributed by atoms with Gasteiger partial charge in [-0.1, -0.05) is 0 Å². The van der Waals surface area contributed by atoms with Gasteiger partial charge in [0.2, 0.25) is 0 Å². The molecule has 1 nitrogen and oxygen atoms in total. The van der Waals surface area contributed by atoms with Gasteiger partial charge in [0.1, 0.15) is 0 Å². The molecule has 0 saturated heterocycles. The fourth-order valence-electron chi connectivity index (χ4n) is 1.36. The molecular formula is C10H14F3NS2. The highest BCUT2D eigenvalue weighted by atomic mass is 32.2. The van der Waals surface area contributed by atoms with E-state index in [2.05, 4.69) is 5.32 Å². The highest BCUT2D eigenvalue weighted by Crippen LogP contribution is 2.29. The van der Waals surface area contributed by atoms with Gasteiger partial charge in [-0.05, 0) is 42.6 Å². The molecule has 92 valence electrons. The standard InChI is InChI=1S/C10H14F3NS2/c1-7-3-5-15-9(7)8(2)14-4-6-16-10(11,12)13/h3,5,8,14H,4,6H2,1-2H3. The largest absolute Gasteiger partial charge is 0.441 e. The van der Waals surface area contributed by atoms with Crippen LogP contribution in [0, 0.1) is 6.92 Å². The molecule has 0 aliphatic heterocycles.